The number of anilines is 2. The summed E-state index contributed by atoms with van der Waals surface area (Å²) < 4.78 is 38.6. The molecule has 1 amide bonds. The van der Waals surface area contributed by atoms with Gasteiger partial charge in [0.1, 0.15) is 13.2 Å². The molecular formula is C20H17N3O5S. The van der Waals surface area contributed by atoms with Gasteiger partial charge in [0.15, 0.2) is 11.5 Å². The minimum absolute atomic E-state index is 0.0557. The van der Waals surface area contributed by atoms with E-state index in [1.807, 2.05) is 0 Å². The van der Waals surface area contributed by atoms with Crippen molar-refractivity contribution < 1.29 is 22.7 Å². The molecule has 3 aromatic rings. The topological polar surface area (TPSA) is 107 Å². The summed E-state index contributed by atoms with van der Waals surface area (Å²) in [4.78, 5) is 16.3. The van der Waals surface area contributed by atoms with E-state index in [4.69, 9.17) is 9.47 Å². The van der Waals surface area contributed by atoms with Gasteiger partial charge in [0.05, 0.1) is 16.8 Å². The molecule has 2 aromatic carbocycles. The average molecular weight is 411 g/mol. The van der Waals surface area contributed by atoms with Crippen LogP contribution in [0.4, 0.5) is 11.4 Å². The van der Waals surface area contributed by atoms with Crippen molar-refractivity contribution in [3.05, 3.63) is 72.6 Å². The van der Waals surface area contributed by atoms with Crippen LogP contribution in [0.2, 0.25) is 0 Å². The summed E-state index contributed by atoms with van der Waals surface area (Å²) in [7, 11) is -3.82. The van der Waals surface area contributed by atoms with Crippen molar-refractivity contribution in [2.45, 2.75) is 4.90 Å². The molecule has 0 bridgehead atoms. The standard InChI is InChI=1S/C20H17N3O5S/c24-20(22-16-2-1-9-21-13-16)14-3-5-15(6-4-14)23-29(25,26)17-7-8-18-19(12-17)28-11-10-27-18/h1-9,12-13,23H,10-11H2,(H,22,24). The summed E-state index contributed by atoms with van der Waals surface area (Å²) in [6.07, 6.45) is 3.14. The Hall–Kier alpha value is -3.59. The molecule has 0 atom stereocenters. The fraction of sp³-hybridized carbons (Fsp3) is 0.100. The Morgan fingerprint density at radius 3 is 2.41 bits per heavy atom. The number of benzene rings is 2. The van der Waals surface area contributed by atoms with E-state index in [9.17, 15) is 13.2 Å². The minimum Gasteiger partial charge on any atom is -0.486 e. The first-order chi connectivity index (χ1) is 14.0. The quantitative estimate of drug-likeness (QED) is 0.669. The number of ether oxygens (including phenoxy) is 2. The maximum Gasteiger partial charge on any atom is 0.262 e. The highest BCUT2D eigenvalue weighted by Crippen LogP contribution is 2.32. The number of carbonyl (C=O) groups is 1. The van der Waals surface area contributed by atoms with Gasteiger partial charge in [0.2, 0.25) is 0 Å². The number of aromatic nitrogens is 1. The maximum absolute atomic E-state index is 12.7. The van der Waals surface area contributed by atoms with Gasteiger partial charge in [0, 0.05) is 23.5 Å². The molecule has 0 radical (unpaired) electrons. The normalized spacial score (nSPS) is 12.8. The second-order valence-corrected chi connectivity index (χ2v) is 7.87. The van der Waals surface area contributed by atoms with Crippen LogP contribution in [0.3, 0.4) is 0 Å². The van der Waals surface area contributed by atoms with Crippen molar-refractivity contribution in [1.82, 2.24) is 4.98 Å². The van der Waals surface area contributed by atoms with Crippen LogP contribution in [-0.4, -0.2) is 32.5 Å². The molecule has 4 rings (SSSR count). The van der Waals surface area contributed by atoms with Crippen LogP contribution in [-0.2, 0) is 10.0 Å². The van der Waals surface area contributed by atoms with E-state index in [-0.39, 0.29) is 10.8 Å². The number of fused-ring (bicyclic) bond motifs is 1. The Balaban J connectivity index is 1.47. The predicted octanol–water partition coefficient (Wildman–Crippen LogP) is 2.91. The largest absolute Gasteiger partial charge is 0.486 e. The van der Waals surface area contributed by atoms with Crippen molar-refractivity contribution in [2.24, 2.45) is 0 Å². The Morgan fingerprint density at radius 2 is 1.69 bits per heavy atom. The number of nitrogens with one attached hydrogen (secondary N) is 2. The molecule has 2 heterocycles. The first-order valence-corrected chi connectivity index (χ1v) is 10.2. The molecule has 9 heteroatoms. The molecule has 0 fully saturated rings. The summed E-state index contributed by atoms with van der Waals surface area (Å²) in [5, 5.41) is 2.71. The molecule has 2 N–H and O–H groups in total. The molecule has 0 saturated heterocycles. The number of amides is 1. The highest BCUT2D eigenvalue weighted by atomic mass is 32.2. The number of pyridine rings is 1. The minimum atomic E-state index is -3.82. The molecule has 8 nitrogen and oxygen atoms in total. The summed E-state index contributed by atoms with van der Waals surface area (Å²) in [5.74, 6) is 0.583. The third kappa shape index (κ3) is 4.30. The molecular weight excluding hydrogens is 394 g/mol. The van der Waals surface area contributed by atoms with E-state index < -0.39 is 10.0 Å². The Morgan fingerprint density at radius 1 is 0.931 bits per heavy atom. The molecule has 0 saturated carbocycles. The molecule has 29 heavy (non-hydrogen) atoms. The van der Waals surface area contributed by atoms with Crippen molar-refractivity contribution in [3.8, 4) is 11.5 Å². The van der Waals surface area contributed by atoms with Crippen LogP contribution >= 0.6 is 0 Å². The van der Waals surface area contributed by atoms with Crippen molar-refractivity contribution >= 4 is 27.3 Å². The number of nitrogens with zero attached hydrogens (tertiary/aromatic N) is 1. The molecule has 0 spiro atoms. The van der Waals surface area contributed by atoms with Gasteiger partial charge in [-0.3, -0.25) is 14.5 Å². The van der Waals surface area contributed by atoms with E-state index in [1.54, 1.807) is 24.4 Å². The van der Waals surface area contributed by atoms with Crippen LogP contribution in [0.1, 0.15) is 10.4 Å². The Labute approximate surface area is 167 Å². The van der Waals surface area contributed by atoms with E-state index in [2.05, 4.69) is 15.0 Å². The smallest absolute Gasteiger partial charge is 0.262 e. The summed E-state index contributed by atoms with van der Waals surface area (Å²) in [5.41, 5.74) is 1.29. The molecule has 0 aliphatic carbocycles. The SMILES string of the molecule is O=C(Nc1cccnc1)c1ccc(NS(=O)(=O)c2ccc3c(c2)OCCO3)cc1. The summed E-state index contributed by atoms with van der Waals surface area (Å²) in [6, 6.07) is 14.0. The van der Waals surface area contributed by atoms with Crippen LogP contribution in [0.25, 0.3) is 0 Å². The van der Waals surface area contributed by atoms with Gasteiger partial charge in [-0.2, -0.15) is 0 Å². The lowest BCUT2D eigenvalue weighted by Gasteiger charge is -2.19. The van der Waals surface area contributed by atoms with Crippen molar-refractivity contribution in [2.75, 3.05) is 23.3 Å². The number of carbonyl (C=O) groups excluding carboxylic acids is 1. The zero-order chi connectivity index (χ0) is 20.3. The lowest BCUT2D eigenvalue weighted by Crippen LogP contribution is -2.17. The third-order valence-corrected chi connectivity index (χ3v) is 5.52. The van der Waals surface area contributed by atoms with Crippen molar-refractivity contribution in [1.29, 1.82) is 0 Å². The van der Waals surface area contributed by atoms with Gasteiger partial charge in [0.25, 0.3) is 15.9 Å². The monoisotopic (exact) mass is 411 g/mol. The Kier molecular flexibility index (Phi) is 5.05. The second-order valence-electron chi connectivity index (χ2n) is 6.18. The first kappa shape index (κ1) is 18.8. The van der Waals surface area contributed by atoms with Gasteiger partial charge in [-0.05, 0) is 48.5 Å². The molecule has 0 unspecified atom stereocenters. The van der Waals surface area contributed by atoms with Crippen LogP contribution in [0.15, 0.2) is 71.9 Å². The fourth-order valence-electron chi connectivity index (χ4n) is 2.73. The molecule has 1 aliphatic rings. The van der Waals surface area contributed by atoms with E-state index >= 15 is 0 Å². The fourth-order valence-corrected chi connectivity index (χ4v) is 3.81. The third-order valence-electron chi connectivity index (χ3n) is 4.14. The number of rotatable bonds is 5. The molecule has 1 aromatic heterocycles. The van der Waals surface area contributed by atoms with E-state index in [1.165, 1.54) is 42.6 Å². The zero-order valence-corrected chi connectivity index (χ0v) is 16.0. The van der Waals surface area contributed by atoms with Gasteiger partial charge in [-0.1, -0.05) is 0 Å². The van der Waals surface area contributed by atoms with Gasteiger partial charge in [-0.15, -0.1) is 0 Å². The number of sulfonamides is 1. The molecule has 1 aliphatic heterocycles. The predicted molar refractivity (Wildman–Crippen MR) is 107 cm³/mol. The highest BCUT2D eigenvalue weighted by molar-refractivity contribution is 7.92. The van der Waals surface area contributed by atoms with Crippen LogP contribution in [0.5, 0.6) is 11.5 Å². The lowest BCUT2D eigenvalue weighted by molar-refractivity contribution is 0.102. The summed E-state index contributed by atoms with van der Waals surface area (Å²) >= 11 is 0. The second kappa shape index (κ2) is 7.80. The van der Waals surface area contributed by atoms with Crippen LogP contribution in [0, 0.1) is 0 Å². The highest BCUT2D eigenvalue weighted by Gasteiger charge is 2.19. The first-order valence-electron chi connectivity index (χ1n) is 8.75. The zero-order valence-electron chi connectivity index (χ0n) is 15.2. The van der Waals surface area contributed by atoms with E-state index in [0.29, 0.717) is 41.7 Å². The van der Waals surface area contributed by atoms with Gasteiger partial charge < -0.3 is 14.8 Å². The number of hydrogen-bond acceptors (Lipinski definition) is 6. The van der Waals surface area contributed by atoms with Gasteiger partial charge >= 0.3 is 0 Å². The average Bonchev–Trinajstić information content (AvgIpc) is 2.74. The van der Waals surface area contributed by atoms with Gasteiger partial charge in [-0.25, -0.2) is 8.42 Å². The maximum atomic E-state index is 12.7. The number of hydrogen-bond donors (Lipinski definition) is 2. The lowest BCUT2D eigenvalue weighted by atomic mass is 10.2. The van der Waals surface area contributed by atoms with E-state index in [0.717, 1.165) is 0 Å². The molecule has 148 valence electrons. The summed E-state index contributed by atoms with van der Waals surface area (Å²) in [6.45, 7) is 0.796. The Bertz CT molecular complexity index is 1130. The van der Waals surface area contributed by atoms with Crippen molar-refractivity contribution in [3.63, 3.8) is 0 Å². The van der Waals surface area contributed by atoms with Crippen LogP contribution < -0.4 is 19.5 Å².